The predicted octanol–water partition coefficient (Wildman–Crippen LogP) is 19.1. The fraction of sp³-hybridized carbons (Fsp3) is 0.697. The van der Waals surface area contributed by atoms with Gasteiger partial charge in [-0.15, -0.1) is 0 Å². The van der Waals surface area contributed by atoms with Crippen LogP contribution < -0.4 is 32.8 Å². The molecule has 10 heteroatoms. The topological polar surface area (TPSA) is 78.8 Å². The number of nitrogens with one attached hydrogen (secondary N) is 1. The van der Waals surface area contributed by atoms with Crippen LogP contribution >= 0.6 is 0 Å². The molecule has 5 unspecified atom stereocenters. The van der Waals surface area contributed by atoms with Crippen LogP contribution in [0.4, 0.5) is 5.82 Å². The second-order valence-electron chi connectivity index (χ2n) is 25.5. The van der Waals surface area contributed by atoms with Gasteiger partial charge in [-0.2, -0.15) is 13.7 Å². The average molecular weight is 1190 g/mol. The van der Waals surface area contributed by atoms with E-state index in [0.717, 1.165) is 103 Å². The number of aromatic nitrogens is 5. The Labute approximate surface area is 526 Å². The molecule has 0 bridgehead atoms. The lowest BCUT2D eigenvalue weighted by molar-refractivity contribution is -0.778. The predicted molar refractivity (Wildman–Crippen MR) is 357 cm³/mol. The lowest BCUT2D eigenvalue weighted by Crippen LogP contribution is -3.03. The van der Waals surface area contributed by atoms with Crippen LogP contribution in [0.15, 0.2) is 97.7 Å². The molecule has 1 aliphatic rings. The largest absolute Gasteiger partial charge is 0.493 e. The molecular weight excluding hydrogens is 1060 g/mol. The number of nitrogens with zero attached hydrogens (tertiary/aromatic N) is 5. The molecular formula is C76H126N6O4+4. The van der Waals surface area contributed by atoms with E-state index < -0.39 is 0 Å². The highest BCUT2D eigenvalue weighted by molar-refractivity contribution is 5.43. The van der Waals surface area contributed by atoms with Crippen molar-refractivity contribution in [3.05, 3.63) is 97.7 Å². The van der Waals surface area contributed by atoms with Crippen molar-refractivity contribution < 1.29 is 37.5 Å². The highest BCUT2D eigenvalue weighted by Crippen LogP contribution is 2.27. The molecule has 0 amide bonds. The molecule has 86 heavy (non-hydrogen) atoms. The Kier molecular flexibility index (Phi) is 38.0. The zero-order chi connectivity index (χ0) is 61.1. The Morgan fingerprint density at radius 2 is 0.651 bits per heavy atom. The van der Waals surface area contributed by atoms with Gasteiger partial charge in [0.25, 0.3) is 0 Å². The van der Waals surface area contributed by atoms with Crippen molar-refractivity contribution in [2.45, 2.75) is 287 Å². The Balaban J connectivity index is 1.48. The van der Waals surface area contributed by atoms with Crippen LogP contribution in [0.25, 0.3) is 17.5 Å². The van der Waals surface area contributed by atoms with E-state index in [4.69, 9.17) is 28.9 Å². The third-order valence-corrected chi connectivity index (χ3v) is 18.2. The highest BCUT2D eigenvalue weighted by atomic mass is 16.5. The van der Waals surface area contributed by atoms with Gasteiger partial charge in [-0.05, 0) is 49.4 Å². The van der Waals surface area contributed by atoms with Crippen LogP contribution in [0.2, 0.25) is 0 Å². The molecule has 1 N–H and O–H groups in total. The molecule has 1 aliphatic heterocycles. The van der Waals surface area contributed by atoms with Crippen molar-refractivity contribution in [1.29, 1.82) is 0 Å². The summed E-state index contributed by atoms with van der Waals surface area (Å²) >= 11 is 0. The molecule has 10 nitrogen and oxygen atoms in total. The monoisotopic (exact) mass is 1190 g/mol. The molecule has 0 aliphatic carbocycles. The van der Waals surface area contributed by atoms with Gasteiger partial charge in [0.05, 0.1) is 26.4 Å². The lowest BCUT2D eigenvalue weighted by atomic mass is 9.92. The van der Waals surface area contributed by atoms with Crippen LogP contribution in [-0.2, 0) is 4.74 Å². The normalized spacial score (nSPS) is 14.7. The quantitative estimate of drug-likeness (QED) is 0.0351. The Morgan fingerprint density at radius 1 is 0.349 bits per heavy atom. The minimum Gasteiger partial charge on any atom is -0.493 e. The fourth-order valence-electron chi connectivity index (χ4n) is 12.4. The summed E-state index contributed by atoms with van der Waals surface area (Å²) in [4.78, 5) is 12.4. The Morgan fingerprint density at radius 3 is 0.965 bits per heavy atom. The average Bonchev–Trinajstić information content (AvgIpc) is 1.26. The third-order valence-electron chi connectivity index (χ3n) is 18.2. The Bertz CT molecular complexity index is 2370. The summed E-state index contributed by atoms with van der Waals surface area (Å²) < 4.78 is 32.4. The second-order valence-corrected chi connectivity index (χ2v) is 25.5. The molecule has 5 atom stereocenters. The first kappa shape index (κ1) is 71.9. The highest BCUT2D eigenvalue weighted by Gasteiger charge is 2.41. The number of quaternary nitrogens is 1. The molecule has 4 aromatic rings. The van der Waals surface area contributed by atoms with E-state index in [1.54, 1.807) is 0 Å². The Hall–Kier alpha value is -4.83. The first-order valence-corrected chi connectivity index (χ1v) is 36.1. The lowest BCUT2D eigenvalue weighted by Gasteiger charge is -2.18. The summed E-state index contributed by atoms with van der Waals surface area (Å²) in [5.41, 5.74) is 0. The summed E-state index contributed by atoms with van der Waals surface area (Å²) in [7, 11) is 0. The molecule has 0 saturated heterocycles. The molecule has 0 spiro atoms. The molecule has 480 valence electrons. The van der Waals surface area contributed by atoms with E-state index >= 15 is 0 Å². The van der Waals surface area contributed by atoms with E-state index in [2.05, 4.69) is 161 Å². The number of pyridine rings is 3. The molecule has 0 aromatic carbocycles. The third kappa shape index (κ3) is 28.1. The maximum absolute atomic E-state index is 6.55. The maximum atomic E-state index is 6.55. The van der Waals surface area contributed by atoms with Crippen molar-refractivity contribution in [3.8, 4) is 34.7 Å². The van der Waals surface area contributed by atoms with Gasteiger partial charge in [0.1, 0.15) is 72.9 Å². The summed E-state index contributed by atoms with van der Waals surface area (Å²) in [6, 6.07) is 12.5. The molecule has 0 saturated carbocycles. The van der Waals surface area contributed by atoms with Gasteiger partial charge in [0.2, 0.25) is 0 Å². The van der Waals surface area contributed by atoms with Crippen molar-refractivity contribution in [2.24, 2.45) is 23.7 Å². The van der Waals surface area contributed by atoms with E-state index in [0.29, 0.717) is 30.1 Å². The molecule has 5 rings (SSSR count). The maximum Gasteiger partial charge on any atom is 0.443 e. The minimum absolute atomic E-state index is 0.675. The SMILES string of the molecule is CCCCCCC(CCCC)CCOC1=CC[NH+](c2nc(-[n+]3ccc(OCCC(CCCC)CCCCCC)cc3)c(-[n+]3ccc(OCCC(CCCC)CCCCCC)cc3)nc2-[n+]2ccc(OCCC(CCCC)CCCCCC)cc2)C=C1. The van der Waals surface area contributed by atoms with Gasteiger partial charge < -0.3 is 18.9 Å². The van der Waals surface area contributed by atoms with E-state index in [-0.39, 0.29) is 0 Å². The van der Waals surface area contributed by atoms with E-state index in [1.807, 2.05) is 0 Å². The number of ether oxygens (including phenoxy) is 4. The van der Waals surface area contributed by atoms with E-state index in [9.17, 15) is 0 Å². The van der Waals surface area contributed by atoms with Crippen LogP contribution in [-0.4, -0.2) is 42.9 Å². The van der Waals surface area contributed by atoms with E-state index in [1.165, 1.54) is 205 Å². The molecule has 4 aromatic heterocycles. The molecule has 0 fully saturated rings. The van der Waals surface area contributed by atoms with Crippen LogP contribution in [0.1, 0.15) is 287 Å². The van der Waals surface area contributed by atoms with Crippen molar-refractivity contribution in [2.75, 3.05) is 33.0 Å². The standard InChI is InChI=1S/C76H125N6O4/c1-9-17-25-29-37-65(33-21-13-5)49-61-83-69-41-53-79(54-42-69)73-74(80-55-43-70(44-56-80)84-62-50-66(34-22-14-6)38-30-26-18-10-2)78-76(82-59-47-72(48-60-82)86-64-52-68(36-24-16-8)40-32-28-20-12-4)75(77-73)81-57-45-71(46-58-81)85-63-51-67(35-23-15-7)39-31-27-19-11-3/h41-48,53-59,65-68H,9-40,49-52,60-64H2,1-8H3/q+3/p+1. The van der Waals surface area contributed by atoms with Gasteiger partial charge in [-0.1, -0.05) is 261 Å². The zero-order valence-corrected chi connectivity index (χ0v) is 56.3. The summed E-state index contributed by atoms with van der Waals surface area (Å²) in [6.07, 6.45) is 65.0. The first-order chi connectivity index (χ1) is 42.4. The van der Waals surface area contributed by atoms with Crippen LogP contribution in [0.3, 0.4) is 0 Å². The van der Waals surface area contributed by atoms with Crippen LogP contribution in [0.5, 0.6) is 17.2 Å². The number of hydrogen-bond donors (Lipinski definition) is 1. The van der Waals surface area contributed by atoms with Crippen molar-refractivity contribution in [1.82, 2.24) is 9.97 Å². The molecule has 0 radical (unpaired) electrons. The number of hydrogen-bond acceptors (Lipinski definition) is 6. The van der Waals surface area contributed by atoms with Gasteiger partial charge >= 0.3 is 23.3 Å². The number of allylic oxidation sites excluding steroid dienone is 1. The van der Waals surface area contributed by atoms with Gasteiger partial charge in [0, 0.05) is 58.5 Å². The smallest absolute Gasteiger partial charge is 0.443 e. The second kappa shape index (κ2) is 45.4. The van der Waals surface area contributed by atoms with Gasteiger partial charge in [-0.25, -0.2) is 4.90 Å². The van der Waals surface area contributed by atoms with Crippen LogP contribution in [0, 0.1) is 23.7 Å². The zero-order valence-electron chi connectivity index (χ0n) is 56.3. The van der Waals surface area contributed by atoms with Gasteiger partial charge in [0.15, 0.2) is 0 Å². The first-order valence-electron chi connectivity index (χ1n) is 36.1. The fourth-order valence-corrected chi connectivity index (χ4v) is 12.4. The molecule has 5 heterocycles. The summed E-state index contributed by atoms with van der Waals surface area (Å²) in [6.45, 7) is 22.0. The number of rotatable bonds is 52. The summed E-state index contributed by atoms with van der Waals surface area (Å²) in [5.74, 6) is 9.41. The van der Waals surface area contributed by atoms with Crippen molar-refractivity contribution >= 4 is 5.82 Å². The summed E-state index contributed by atoms with van der Waals surface area (Å²) in [5, 5.41) is 0. The number of unbranched alkanes of at least 4 members (excludes halogenated alkanes) is 16. The van der Waals surface area contributed by atoms with Gasteiger partial charge in [-0.3, -0.25) is 0 Å². The van der Waals surface area contributed by atoms with Crippen molar-refractivity contribution in [3.63, 3.8) is 0 Å². The minimum atomic E-state index is 0.675.